The number of aliphatic hydroxyl groups is 1. The summed E-state index contributed by atoms with van der Waals surface area (Å²) in [5.74, 6) is 0.318. The van der Waals surface area contributed by atoms with Gasteiger partial charge in [0.05, 0.1) is 12.0 Å². The van der Waals surface area contributed by atoms with E-state index in [4.69, 9.17) is 16.3 Å². The van der Waals surface area contributed by atoms with Crippen molar-refractivity contribution < 1.29 is 14.2 Å². The van der Waals surface area contributed by atoms with Crippen LogP contribution in [-0.2, 0) is 0 Å². The minimum Gasteiger partial charge on any atom is -0.454 e. The third kappa shape index (κ3) is 4.88. The van der Waals surface area contributed by atoms with Crippen LogP contribution in [-0.4, -0.2) is 23.6 Å². The van der Waals surface area contributed by atoms with Crippen molar-refractivity contribution in [3.05, 3.63) is 52.8 Å². The maximum absolute atomic E-state index is 14.0. The van der Waals surface area contributed by atoms with Crippen molar-refractivity contribution in [1.29, 1.82) is 0 Å². The molecule has 2 aromatic rings. The van der Waals surface area contributed by atoms with Gasteiger partial charge in [0, 0.05) is 22.8 Å². The number of rotatable bonds is 6. The first kappa shape index (κ1) is 16.1. The molecule has 0 amide bonds. The van der Waals surface area contributed by atoms with Crippen molar-refractivity contribution in [2.75, 3.05) is 17.7 Å². The maximum atomic E-state index is 14.0. The van der Waals surface area contributed by atoms with Crippen LogP contribution in [0.25, 0.3) is 0 Å². The van der Waals surface area contributed by atoms with Crippen LogP contribution in [0.3, 0.4) is 0 Å². The summed E-state index contributed by atoms with van der Waals surface area (Å²) < 4.78 is 20.3. The maximum Gasteiger partial charge on any atom is 0.167 e. The highest BCUT2D eigenvalue weighted by Crippen LogP contribution is 2.28. The molecule has 2 aromatic carbocycles. The largest absolute Gasteiger partial charge is 0.454 e. The van der Waals surface area contributed by atoms with E-state index in [0.717, 1.165) is 4.47 Å². The van der Waals surface area contributed by atoms with Crippen LogP contribution < -0.4 is 10.1 Å². The second-order valence-corrected chi connectivity index (χ2v) is 5.62. The molecule has 21 heavy (non-hydrogen) atoms. The molecule has 2 rings (SSSR count). The van der Waals surface area contributed by atoms with Gasteiger partial charge in [-0.3, -0.25) is 0 Å². The molecule has 2 N–H and O–H groups in total. The lowest BCUT2D eigenvalue weighted by Crippen LogP contribution is -2.20. The number of hydrogen-bond donors (Lipinski definition) is 2. The van der Waals surface area contributed by atoms with E-state index >= 15 is 0 Å². The van der Waals surface area contributed by atoms with Crippen LogP contribution in [0.1, 0.15) is 0 Å². The van der Waals surface area contributed by atoms with E-state index in [2.05, 4.69) is 21.2 Å². The molecule has 0 saturated heterocycles. The fourth-order valence-electron chi connectivity index (χ4n) is 1.64. The molecule has 1 atom stereocenters. The second kappa shape index (κ2) is 7.64. The Kier molecular flexibility index (Phi) is 5.85. The quantitative estimate of drug-likeness (QED) is 0.737. The Hall–Kier alpha value is -1.30. The molecule has 0 aliphatic rings. The van der Waals surface area contributed by atoms with Crippen molar-refractivity contribution in [2.45, 2.75) is 6.10 Å². The Morgan fingerprint density at radius 1 is 1.29 bits per heavy atom. The summed E-state index contributed by atoms with van der Waals surface area (Å²) in [5.41, 5.74) is 0.554. The van der Waals surface area contributed by atoms with Crippen LogP contribution in [0.4, 0.5) is 10.1 Å². The topological polar surface area (TPSA) is 41.5 Å². The molecular formula is C15H14BrClFNO2. The summed E-state index contributed by atoms with van der Waals surface area (Å²) in [7, 11) is 0. The summed E-state index contributed by atoms with van der Waals surface area (Å²) in [4.78, 5) is 0. The van der Waals surface area contributed by atoms with E-state index in [0.29, 0.717) is 11.4 Å². The molecule has 0 fully saturated rings. The predicted octanol–water partition coefficient (Wildman–Crippen LogP) is 4.39. The summed E-state index contributed by atoms with van der Waals surface area (Å²) >= 11 is 8.82. The van der Waals surface area contributed by atoms with Gasteiger partial charge in [-0.25, -0.2) is 4.39 Å². The number of alkyl halides is 1. The summed E-state index contributed by atoms with van der Waals surface area (Å²) in [6, 6.07) is 11.7. The number of hydrogen-bond acceptors (Lipinski definition) is 3. The first-order chi connectivity index (χ1) is 10.1. The van der Waals surface area contributed by atoms with Crippen LogP contribution in [0.2, 0.25) is 0 Å². The van der Waals surface area contributed by atoms with E-state index in [1.54, 1.807) is 24.3 Å². The van der Waals surface area contributed by atoms with Gasteiger partial charge in [-0.2, -0.15) is 0 Å². The molecule has 112 valence electrons. The summed E-state index contributed by atoms with van der Waals surface area (Å²) in [6.07, 6.45) is -0.674. The number of nitrogens with one attached hydrogen (secondary N) is 1. The van der Waals surface area contributed by atoms with E-state index in [-0.39, 0.29) is 18.2 Å². The van der Waals surface area contributed by atoms with Crippen molar-refractivity contribution in [3.8, 4) is 11.5 Å². The fourth-order valence-corrected chi connectivity index (χ4v) is 2.13. The summed E-state index contributed by atoms with van der Waals surface area (Å²) in [5, 5.41) is 12.2. The van der Waals surface area contributed by atoms with Gasteiger partial charge in [0.2, 0.25) is 0 Å². The SMILES string of the molecule is OC(CCl)CNc1ccc(Oc2cccc(Br)c2)c(F)c1. The molecule has 0 spiro atoms. The van der Waals surface area contributed by atoms with Crippen LogP contribution in [0.5, 0.6) is 11.5 Å². The van der Waals surface area contributed by atoms with Gasteiger partial charge in [-0.05, 0) is 30.3 Å². The zero-order valence-corrected chi connectivity index (χ0v) is 13.4. The van der Waals surface area contributed by atoms with Gasteiger partial charge in [-0.15, -0.1) is 11.6 Å². The molecule has 0 aliphatic heterocycles. The second-order valence-electron chi connectivity index (χ2n) is 4.39. The highest BCUT2D eigenvalue weighted by Gasteiger charge is 2.08. The molecule has 0 radical (unpaired) electrons. The molecule has 1 unspecified atom stereocenters. The Labute approximate surface area is 135 Å². The molecular weight excluding hydrogens is 361 g/mol. The lowest BCUT2D eigenvalue weighted by atomic mass is 10.2. The van der Waals surface area contributed by atoms with Crippen molar-refractivity contribution in [1.82, 2.24) is 0 Å². The smallest absolute Gasteiger partial charge is 0.167 e. The Morgan fingerprint density at radius 2 is 2.10 bits per heavy atom. The van der Waals surface area contributed by atoms with Crippen molar-refractivity contribution in [2.24, 2.45) is 0 Å². The van der Waals surface area contributed by atoms with E-state index in [9.17, 15) is 9.50 Å². The van der Waals surface area contributed by atoms with Gasteiger partial charge in [-0.1, -0.05) is 22.0 Å². The highest BCUT2D eigenvalue weighted by atomic mass is 79.9. The van der Waals surface area contributed by atoms with E-state index < -0.39 is 11.9 Å². The number of benzene rings is 2. The Morgan fingerprint density at radius 3 is 2.76 bits per heavy atom. The third-order valence-corrected chi connectivity index (χ3v) is 3.53. The zero-order chi connectivity index (χ0) is 15.2. The third-order valence-electron chi connectivity index (χ3n) is 2.68. The lowest BCUT2D eigenvalue weighted by molar-refractivity contribution is 0.211. The van der Waals surface area contributed by atoms with Crippen molar-refractivity contribution >= 4 is 33.2 Å². The number of halogens is 3. The van der Waals surface area contributed by atoms with Gasteiger partial charge in [0.1, 0.15) is 5.75 Å². The zero-order valence-electron chi connectivity index (χ0n) is 11.0. The van der Waals surface area contributed by atoms with Crippen LogP contribution in [0.15, 0.2) is 46.9 Å². The predicted molar refractivity (Wildman–Crippen MR) is 85.8 cm³/mol. The monoisotopic (exact) mass is 373 g/mol. The average Bonchev–Trinajstić information content (AvgIpc) is 2.47. The Bertz CT molecular complexity index is 612. The van der Waals surface area contributed by atoms with Gasteiger partial charge in [0.15, 0.2) is 11.6 Å². The van der Waals surface area contributed by atoms with Gasteiger partial charge in [0.25, 0.3) is 0 Å². The first-order valence-electron chi connectivity index (χ1n) is 6.29. The molecule has 0 aliphatic carbocycles. The number of anilines is 1. The molecule has 0 bridgehead atoms. The number of ether oxygens (including phenoxy) is 1. The molecule has 0 saturated carbocycles. The van der Waals surface area contributed by atoms with Crippen LogP contribution in [0, 0.1) is 5.82 Å². The fraction of sp³-hybridized carbons (Fsp3) is 0.200. The van der Waals surface area contributed by atoms with Gasteiger partial charge < -0.3 is 15.2 Å². The summed E-state index contributed by atoms with van der Waals surface area (Å²) in [6.45, 7) is 0.259. The van der Waals surface area contributed by atoms with E-state index in [1.165, 1.54) is 12.1 Å². The minimum atomic E-state index is -0.674. The lowest BCUT2D eigenvalue weighted by Gasteiger charge is -2.12. The molecule has 0 aromatic heterocycles. The van der Waals surface area contributed by atoms with E-state index in [1.807, 2.05) is 6.07 Å². The normalized spacial score (nSPS) is 12.0. The van der Waals surface area contributed by atoms with Gasteiger partial charge >= 0.3 is 0 Å². The first-order valence-corrected chi connectivity index (χ1v) is 7.62. The molecule has 0 heterocycles. The standard InChI is InChI=1S/C15H14BrClFNO2/c16-10-2-1-3-13(6-10)21-15-5-4-11(7-14(15)18)19-9-12(20)8-17/h1-7,12,19-20H,8-9H2. The van der Waals surface area contributed by atoms with Crippen LogP contribution >= 0.6 is 27.5 Å². The highest BCUT2D eigenvalue weighted by molar-refractivity contribution is 9.10. The molecule has 3 nitrogen and oxygen atoms in total. The molecule has 6 heteroatoms. The average molecular weight is 375 g/mol. The number of aliphatic hydroxyl groups excluding tert-OH is 1. The minimum absolute atomic E-state index is 0.125. The Balaban J connectivity index is 2.05. The van der Waals surface area contributed by atoms with Crippen molar-refractivity contribution in [3.63, 3.8) is 0 Å².